The van der Waals surface area contributed by atoms with Crippen LogP contribution in [-0.4, -0.2) is 11.7 Å². The summed E-state index contributed by atoms with van der Waals surface area (Å²) in [5.41, 5.74) is 6.25. The number of aryl methyl sites for hydroxylation is 1. The van der Waals surface area contributed by atoms with Crippen LogP contribution in [0.1, 0.15) is 76.0 Å². The van der Waals surface area contributed by atoms with Crippen molar-refractivity contribution in [3.8, 4) is 0 Å². The molecule has 0 saturated heterocycles. The number of rotatable bonds is 4. The van der Waals surface area contributed by atoms with Gasteiger partial charge < -0.3 is 10.6 Å². The lowest BCUT2D eigenvalue weighted by atomic mass is 9.49. The molecule has 1 fully saturated rings. The molecule has 0 radical (unpaired) electrons. The minimum atomic E-state index is 0.254. The van der Waals surface area contributed by atoms with Crippen molar-refractivity contribution in [3.05, 3.63) is 65.2 Å². The first-order chi connectivity index (χ1) is 14.3. The first-order valence-corrected chi connectivity index (χ1v) is 12.0. The van der Waals surface area contributed by atoms with E-state index in [0.29, 0.717) is 11.8 Å². The molecular formula is C27H36N2S. The maximum Gasteiger partial charge on any atom is 0.170 e. The number of thiocarbonyl (C=S) groups is 1. The largest absolute Gasteiger partial charge is 0.362 e. The molecule has 3 heteroatoms. The Balaban J connectivity index is 1.51. The first-order valence-electron chi connectivity index (χ1n) is 11.5. The van der Waals surface area contributed by atoms with Crippen molar-refractivity contribution in [2.45, 2.75) is 71.1 Å². The maximum atomic E-state index is 5.61. The van der Waals surface area contributed by atoms with E-state index in [4.69, 9.17) is 12.2 Å². The van der Waals surface area contributed by atoms with Crippen LogP contribution in [0.2, 0.25) is 0 Å². The summed E-state index contributed by atoms with van der Waals surface area (Å²) in [6, 6.07) is 17.5. The number of fused-ring (bicyclic) bond motifs is 3. The van der Waals surface area contributed by atoms with Gasteiger partial charge in [0.15, 0.2) is 5.11 Å². The molecular weight excluding hydrogens is 384 g/mol. The Hall–Kier alpha value is -1.87. The number of benzene rings is 2. The quantitative estimate of drug-likeness (QED) is 0.531. The second-order valence-corrected chi connectivity index (χ2v) is 10.7. The molecule has 2 aromatic rings. The van der Waals surface area contributed by atoms with Gasteiger partial charge in [0.25, 0.3) is 0 Å². The Labute approximate surface area is 187 Å². The number of hydrogen-bond donors (Lipinski definition) is 2. The Morgan fingerprint density at radius 2 is 1.87 bits per heavy atom. The lowest BCUT2D eigenvalue weighted by molar-refractivity contribution is 0.0294. The van der Waals surface area contributed by atoms with Crippen LogP contribution in [-0.2, 0) is 11.8 Å². The van der Waals surface area contributed by atoms with Gasteiger partial charge in [-0.1, -0.05) is 70.5 Å². The van der Waals surface area contributed by atoms with Gasteiger partial charge in [-0.05, 0) is 89.4 Å². The highest BCUT2D eigenvalue weighted by Gasteiger charge is 2.51. The van der Waals surface area contributed by atoms with E-state index in [1.807, 2.05) is 18.2 Å². The zero-order chi connectivity index (χ0) is 21.4. The number of para-hydroxylation sites is 1. The third kappa shape index (κ3) is 4.01. The Morgan fingerprint density at radius 1 is 1.10 bits per heavy atom. The number of hydrogen-bond acceptors (Lipinski definition) is 1. The lowest BCUT2D eigenvalue weighted by Crippen LogP contribution is -2.53. The summed E-state index contributed by atoms with van der Waals surface area (Å²) in [5, 5.41) is 7.62. The van der Waals surface area contributed by atoms with Crippen molar-refractivity contribution in [1.29, 1.82) is 0 Å². The molecule has 0 aliphatic heterocycles. The molecule has 2 aliphatic carbocycles. The standard InChI is InChI=1S/C27H36N2S/c1-19(2)20-11-13-23-21(17-20)12-14-24-26(3,15-8-16-27(23,24)4)18-28-25(30)29-22-9-6-5-7-10-22/h5-7,9-11,13,17,19,24H,8,12,14-16,18H2,1-4H3,(H2,28,29,30)/t24-,26-,27+/m0/s1. The summed E-state index contributed by atoms with van der Waals surface area (Å²) >= 11 is 5.61. The van der Waals surface area contributed by atoms with E-state index in [-0.39, 0.29) is 10.8 Å². The maximum absolute atomic E-state index is 5.61. The zero-order valence-corrected chi connectivity index (χ0v) is 19.7. The predicted octanol–water partition coefficient (Wildman–Crippen LogP) is 6.81. The van der Waals surface area contributed by atoms with Crippen LogP contribution >= 0.6 is 12.2 Å². The second-order valence-electron chi connectivity index (χ2n) is 10.3. The van der Waals surface area contributed by atoms with Crippen molar-refractivity contribution in [3.63, 3.8) is 0 Å². The third-order valence-corrected chi connectivity index (χ3v) is 8.10. The minimum absolute atomic E-state index is 0.254. The average Bonchev–Trinajstić information content (AvgIpc) is 2.72. The Kier molecular flexibility index (Phi) is 5.94. The normalized spacial score (nSPS) is 27.8. The van der Waals surface area contributed by atoms with E-state index in [0.717, 1.165) is 17.3 Å². The molecule has 0 heterocycles. The highest BCUT2D eigenvalue weighted by atomic mass is 32.1. The Morgan fingerprint density at radius 3 is 2.60 bits per heavy atom. The summed E-state index contributed by atoms with van der Waals surface area (Å²) in [4.78, 5) is 0. The molecule has 2 nitrogen and oxygen atoms in total. The third-order valence-electron chi connectivity index (χ3n) is 7.85. The summed E-state index contributed by atoms with van der Waals surface area (Å²) in [7, 11) is 0. The molecule has 2 aromatic carbocycles. The highest BCUT2D eigenvalue weighted by Crippen LogP contribution is 2.57. The van der Waals surface area contributed by atoms with Gasteiger partial charge in [-0.25, -0.2) is 0 Å². The van der Waals surface area contributed by atoms with E-state index in [9.17, 15) is 0 Å². The van der Waals surface area contributed by atoms with Gasteiger partial charge in [-0.15, -0.1) is 0 Å². The molecule has 0 aromatic heterocycles. The molecule has 0 bridgehead atoms. The summed E-state index contributed by atoms with van der Waals surface area (Å²) in [6.07, 6.45) is 6.34. The van der Waals surface area contributed by atoms with E-state index in [2.05, 4.69) is 68.7 Å². The molecule has 4 rings (SSSR count). The molecule has 0 unspecified atom stereocenters. The van der Waals surface area contributed by atoms with E-state index in [1.54, 1.807) is 11.1 Å². The molecule has 0 amide bonds. The van der Waals surface area contributed by atoms with Crippen LogP contribution in [0.4, 0.5) is 5.69 Å². The monoisotopic (exact) mass is 420 g/mol. The predicted molar refractivity (Wildman–Crippen MR) is 132 cm³/mol. The molecule has 3 atom stereocenters. The fourth-order valence-corrected chi connectivity index (χ4v) is 6.38. The smallest absolute Gasteiger partial charge is 0.170 e. The molecule has 0 spiro atoms. The second kappa shape index (κ2) is 8.34. The fourth-order valence-electron chi connectivity index (χ4n) is 6.19. The molecule has 30 heavy (non-hydrogen) atoms. The van der Waals surface area contributed by atoms with Gasteiger partial charge in [-0.2, -0.15) is 0 Å². The van der Waals surface area contributed by atoms with Crippen molar-refractivity contribution in [2.24, 2.45) is 11.3 Å². The van der Waals surface area contributed by atoms with Crippen LogP contribution in [0, 0.1) is 11.3 Å². The topological polar surface area (TPSA) is 24.1 Å². The van der Waals surface area contributed by atoms with Crippen LogP contribution in [0.3, 0.4) is 0 Å². The average molecular weight is 421 g/mol. The van der Waals surface area contributed by atoms with Crippen LogP contribution < -0.4 is 10.6 Å². The van der Waals surface area contributed by atoms with Crippen LogP contribution in [0.25, 0.3) is 0 Å². The van der Waals surface area contributed by atoms with E-state index in [1.165, 1.54) is 37.7 Å². The molecule has 2 aliphatic rings. The van der Waals surface area contributed by atoms with E-state index >= 15 is 0 Å². The number of nitrogens with one attached hydrogen (secondary N) is 2. The lowest BCUT2D eigenvalue weighted by Gasteiger charge is -2.55. The van der Waals surface area contributed by atoms with Crippen molar-refractivity contribution < 1.29 is 0 Å². The summed E-state index contributed by atoms with van der Waals surface area (Å²) in [5.74, 6) is 1.28. The van der Waals surface area contributed by atoms with Gasteiger partial charge in [0.2, 0.25) is 0 Å². The zero-order valence-electron chi connectivity index (χ0n) is 18.9. The molecule has 1 saturated carbocycles. The Bertz CT molecular complexity index is 906. The van der Waals surface area contributed by atoms with Crippen LogP contribution in [0.15, 0.2) is 48.5 Å². The number of anilines is 1. The van der Waals surface area contributed by atoms with Gasteiger partial charge in [0, 0.05) is 12.2 Å². The van der Waals surface area contributed by atoms with Gasteiger partial charge in [0.1, 0.15) is 0 Å². The van der Waals surface area contributed by atoms with E-state index < -0.39 is 0 Å². The van der Waals surface area contributed by atoms with Crippen molar-refractivity contribution >= 4 is 23.0 Å². The molecule has 160 valence electrons. The van der Waals surface area contributed by atoms with Crippen LogP contribution in [0.5, 0.6) is 0 Å². The molecule has 2 N–H and O–H groups in total. The van der Waals surface area contributed by atoms with Gasteiger partial charge in [0.05, 0.1) is 0 Å². The summed E-state index contributed by atoms with van der Waals surface area (Å²) in [6.45, 7) is 10.5. The first kappa shape index (κ1) is 21.4. The summed E-state index contributed by atoms with van der Waals surface area (Å²) < 4.78 is 0. The van der Waals surface area contributed by atoms with Gasteiger partial charge >= 0.3 is 0 Å². The van der Waals surface area contributed by atoms with Crippen molar-refractivity contribution in [2.75, 3.05) is 11.9 Å². The fraction of sp³-hybridized carbons (Fsp3) is 0.519. The van der Waals surface area contributed by atoms with Crippen molar-refractivity contribution in [1.82, 2.24) is 5.32 Å². The highest BCUT2D eigenvalue weighted by molar-refractivity contribution is 7.80. The minimum Gasteiger partial charge on any atom is -0.362 e. The van der Waals surface area contributed by atoms with Gasteiger partial charge in [-0.3, -0.25) is 0 Å². The SMILES string of the molecule is CC(C)c1ccc2c(c1)CC[C@H]1[C@](C)(CNC(=S)Nc3ccccc3)CCC[C@]21C.